The fraction of sp³-hybridized carbons (Fsp3) is 0.500. The molecule has 1 heterocycles. The Morgan fingerprint density at radius 1 is 1.28 bits per heavy atom. The standard InChI is InChI=1S/C14H18BNO2/c1-13(18)4-6-14(7-5-13)10-3-2-9(15)8-11(10)16-12(14)17/h2-3,8,18H,4-7,15H2,1H3,(H,16,17). The van der Waals surface area contributed by atoms with E-state index in [1.54, 1.807) is 0 Å². The number of aliphatic hydroxyl groups is 1. The zero-order valence-corrected chi connectivity index (χ0v) is 10.9. The molecule has 0 atom stereocenters. The van der Waals surface area contributed by atoms with Crippen molar-refractivity contribution in [3.63, 3.8) is 0 Å². The van der Waals surface area contributed by atoms with Crippen LogP contribution in [0.25, 0.3) is 0 Å². The highest BCUT2D eigenvalue weighted by molar-refractivity contribution is 6.33. The Bertz CT molecular complexity index is 515. The van der Waals surface area contributed by atoms with Gasteiger partial charge >= 0.3 is 0 Å². The predicted molar refractivity (Wildman–Crippen MR) is 74.0 cm³/mol. The maximum Gasteiger partial charge on any atom is 0.235 e. The number of amides is 1. The van der Waals surface area contributed by atoms with Crippen LogP contribution in [0.3, 0.4) is 0 Å². The molecule has 2 aliphatic rings. The van der Waals surface area contributed by atoms with Gasteiger partial charge in [-0.2, -0.15) is 0 Å². The average Bonchev–Trinajstić information content (AvgIpc) is 2.55. The molecular formula is C14H18BNO2. The van der Waals surface area contributed by atoms with Crippen LogP contribution in [0.4, 0.5) is 5.69 Å². The van der Waals surface area contributed by atoms with Crippen molar-refractivity contribution in [1.29, 1.82) is 0 Å². The largest absolute Gasteiger partial charge is 0.390 e. The van der Waals surface area contributed by atoms with Crippen LogP contribution < -0.4 is 10.8 Å². The lowest BCUT2D eigenvalue weighted by atomic mass is 9.66. The third kappa shape index (κ3) is 1.59. The Kier molecular flexibility index (Phi) is 2.36. The van der Waals surface area contributed by atoms with Gasteiger partial charge in [0.15, 0.2) is 0 Å². The lowest BCUT2D eigenvalue weighted by Crippen LogP contribution is -2.43. The minimum atomic E-state index is -0.612. The van der Waals surface area contributed by atoms with Gasteiger partial charge < -0.3 is 10.4 Å². The fourth-order valence-electron chi connectivity index (χ4n) is 3.25. The molecule has 1 aromatic rings. The summed E-state index contributed by atoms with van der Waals surface area (Å²) in [5, 5.41) is 13.1. The van der Waals surface area contributed by atoms with Gasteiger partial charge in [0.1, 0.15) is 7.85 Å². The third-order valence-corrected chi connectivity index (χ3v) is 4.55. The minimum Gasteiger partial charge on any atom is -0.390 e. The van der Waals surface area contributed by atoms with Crippen LogP contribution in [-0.2, 0) is 10.2 Å². The number of carbonyl (C=O) groups is 1. The van der Waals surface area contributed by atoms with E-state index < -0.39 is 11.0 Å². The normalized spacial score (nSPS) is 34.4. The molecule has 1 aliphatic carbocycles. The van der Waals surface area contributed by atoms with Gasteiger partial charge in [-0.15, -0.1) is 0 Å². The molecule has 1 aromatic carbocycles. The van der Waals surface area contributed by atoms with Gasteiger partial charge in [0.2, 0.25) is 5.91 Å². The van der Waals surface area contributed by atoms with Crippen molar-refractivity contribution in [2.45, 2.75) is 43.6 Å². The summed E-state index contributed by atoms with van der Waals surface area (Å²) < 4.78 is 0. The highest BCUT2D eigenvalue weighted by atomic mass is 16.3. The van der Waals surface area contributed by atoms with E-state index in [0.717, 1.165) is 29.6 Å². The van der Waals surface area contributed by atoms with E-state index >= 15 is 0 Å². The first-order valence-electron chi connectivity index (χ1n) is 6.58. The molecule has 2 N–H and O–H groups in total. The molecule has 1 fully saturated rings. The second-order valence-electron chi connectivity index (χ2n) is 6.08. The highest BCUT2D eigenvalue weighted by Gasteiger charge is 2.50. The van der Waals surface area contributed by atoms with E-state index in [0.29, 0.717) is 12.8 Å². The van der Waals surface area contributed by atoms with E-state index in [1.165, 1.54) is 0 Å². The van der Waals surface area contributed by atoms with Crippen molar-refractivity contribution in [1.82, 2.24) is 0 Å². The number of benzene rings is 1. The topological polar surface area (TPSA) is 49.3 Å². The molecule has 1 saturated carbocycles. The molecule has 0 bridgehead atoms. The van der Waals surface area contributed by atoms with Crippen molar-refractivity contribution in [3.8, 4) is 0 Å². The molecule has 1 aliphatic heterocycles. The zero-order chi connectivity index (χ0) is 13.0. The lowest BCUT2D eigenvalue weighted by molar-refractivity contribution is -0.123. The first-order valence-corrected chi connectivity index (χ1v) is 6.58. The van der Waals surface area contributed by atoms with Gasteiger partial charge in [0.25, 0.3) is 0 Å². The van der Waals surface area contributed by atoms with E-state index in [9.17, 15) is 9.90 Å². The quantitative estimate of drug-likeness (QED) is 0.650. The van der Waals surface area contributed by atoms with Gasteiger partial charge in [0, 0.05) is 5.69 Å². The summed E-state index contributed by atoms with van der Waals surface area (Å²) in [5.41, 5.74) is 2.23. The van der Waals surface area contributed by atoms with Crippen molar-refractivity contribution < 1.29 is 9.90 Å². The van der Waals surface area contributed by atoms with Crippen LogP contribution in [0.2, 0.25) is 0 Å². The lowest BCUT2D eigenvalue weighted by Gasteiger charge is -2.39. The number of rotatable bonds is 0. The average molecular weight is 243 g/mol. The van der Waals surface area contributed by atoms with Crippen molar-refractivity contribution in [2.24, 2.45) is 0 Å². The van der Waals surface area contributed by atoms with Gasteiger partial charge in [-0.3, -0.25) is 4.79 Å². The number of hydrogen-bond acceptors (Lipinski definition) is 2. The van der Waals surface area contributed by atoms with Gasteiger partial charge in [-0.1, -0.05) is 17.6 Å². The molecule has 0 saturated heterocycles. The predicted octanol–water partition coefficient (Wildman–Crippen LogP) is 0.460. The first kappa shape index (κ1) is 11.8. The summed E-state index contributed by atoms with van der Waals surface area (Å²) >= 11 is 0. The van der Waals surface area contributed by atoms with Gasteiger partial charge in [0.05, 0.1) is 11.0 Å². The highest BCUT2D eigenvalue weighted by Crippen LogP contribution is 2.49. The Balaban J connectivity index is 2.02. The second kappa shape index (κ2) is 3.61. The molecule has 1 amide bonds. The Labute approximate surface area is 108 Å². The number of nitrogens with one attached hydrogen (secondary N) is 1. The van der Waals surface area contributed by atoms with Crippen LogP contribution in [0.1, 0.15) is 38.2 Å². The molecule has 94 valence electrons. The van der Waals surface area contributed by atoms with Crippen molar-refractivity contribution in [3.05, 3.63) is 23.8 Å². The van der Waals surface area contributed by atoms with Gasteiger partial charge in [-0.25, -0.2) is 0 Å². The summed E-state index contributed by atoms with van der Waals surface area (Å²) in [4.78, 5) is 12.3. The summed E-state index contributed by atoms with van der Waals surface area (Å²) in [6.45, 7) is 1.86. The van der Waals surface area contributed by atoms with Crippen molar-refractivity contribution in [2.75, 3.05) is 5.32 Å². The first-order chi connectivity index (χ1) is 8.43. The minimum absolute atomic E-state index is 0.110. The Morgan fingerprint density at radius 2 is 1.94 bits per heavy atom. The van der Waals surface area contributed by atoms with E-state index in [-0.39, 0.29) is 5.91 Å². The summed E-state index contributed by atoms with van der Waals surface area (Å²) in [6, 6.07) is 6.17. The van der Waals surface area contributed by atoms with E-state index in [4.69, 9.17) is 0 Å². The second-order valence-corrected chi connectivity index (χ2v) is 6.08. The molecule has 1 spiro atoms. The van der Waals surface area contributed by atoms with Gasteiger partial charge in [-0.05, 0) is 44.2 Å². The smallest absolute Gasteiger partial charge is 0.235 e. The fourth-order valence-corrected chi connectivity index (χ4v) is 3.25. The molecule has 4 heteroatoms. The van der Waals surface area contributed by atoms with Crippen LogP contribution in [0.15, 0.2) is 18.2 Å². The Morgan fingerprint density at radius 3 is 2.61 bits per heavy atom. The molecule has 0 aromatic heterocycles. The molecule has 0 radical (unpaired) electrons. The molecule has 18 heavy (non-hydrogen) atoms. The molecule has 3 nitrogen and oxygen atoms in total. The summed E-state index contributed by atoms with van der Waals surface area (Å²) in [7, 11) is 2.03. The van der Waals surface area contributed by atoms with E-state index in [1.807, 2.05) is 20.8 Å². The monoisotopic (exact) mass is 243 g/mol. The molecule has 0 unspecified atom stereocenters. The number of fused-ring (bicyclic) bond motifs is 2. The summed E-state index contributed by atoms with van der Waals surface area (Å²) in [5.74, 6) is 0.110. The molecular weight excluding hydrogens is 225 g/mol. The maximum absolute atomic E-state index is 12.3. The van der Waals surface area contributed by atoms with Crippen LogP contribution in [0.5, 0.6) is 0 Å². The van der Waals surface area contributed by atoms with Crippen LogP contribution in [0, 0.1) is 0 Å². The Hall–Kier alpha value is -1.29. The number of carbonyl (C=O) groups excluding carboxylic acids is 1. The SMILES string of the molecule is Bc1ccc2c(c1)NC(=O)C21CCC(C)(O)CC1. The number of hydrogen-bond donors (Lipinski definition) is 2. The zero-order valence-electron chi connectivity index (χ0n) is 10.9. The number of anilines is 1. The maximum atomic E-state index is 12.3. The molecule has 3 rings (SSSR count). The summed E-state index contributed by atoms with van der Waals surface area (Å²) in [6.07, 6.45) is 2.85. The van der Waals surface area contributed by atoms with Crippen LogP contribution in [-0.4, -0.2) is 24.5 Å². The van der Waals surface area contributed by atoms with Crippen LogP contribution >= 0.6 is 0 Å². The van der Waals surface area contributed by atoms with E-state index in [2.05, 4.69) is 17.4 Å². The van der Waals surface area contributed by atoms with Crippen molar-refractivity contribution >= 4 is 24.9 Å². The third-order valence-electron chi connectivity index (χ3n) is 4.55.